The fourth-order valence-electron chi connectivity index (χ4n) is 2.55. The molecule has 0 spiro atoms. The Morgan fingerprint density at radius 2 is 2.19 bits per heavy atom. The second-order valence-electron chi connectivity index (χ2n) is 5.51. The number of anilines is 1. The molecular formula is C16H20N4O. The van der Waals surface area contributed by atoms with Gasteiger partial charge in [0.15, 0.2) is 0 Å². The standard InChI is InChI=1S/C16H20N4O/c1-2-20(10-11-7-8-11)16(21)14-9-12-5-3-4-6-13(12)15(18-14)19-17/h3-6,9,11H,2,7-8,10,17H2,1H3,(H,18,19). The van der Waals surface area contributed by atoms with Crippen LogP contribution in [-0.2, 0) is 0 Å². The van der Waals surface area contributed by atoms with Gasteiger partial charge in [-0.1, -0.05) is 24.3 Å². The summed E-state index contributed by atoms with van der Waals surface area (Å²) in [6, 6.07) is 9.61. The minimum absolute atomic E-state index is 0.0216. The number of carbonyl (C=O) groups excluding carboxylic acids is 1. The minimum Gasteiger partial charge on any atom is -0.337 e. The van der Waals surface area contributed by atoms with Gasteiger partial charge in [0.05, 0.1) is 0 Å². The van der Waals surface area contributed by atoms with Crippen molar-refractivity contribution in [3.63, 3.8) is 0 Å². The number of pyridine rings is 1. The Morgan fingerprint density at radius 1 is 1.43 bits per heavy atom. The van der Waals surface area contributed by atoms with Crippen LogP contribution in [0.5, 0.6) is 0 Å². The molecule has 1 aromatic carbocycles. The first kappa shape index (κ1) is 13.8. The number of aromatic nitrogens is 1. The average Bonchev–Trinajstić information content (AvgIpc) is 3.34. The number of hydrogen-bond acceptors (Lipinski definition) is 4. The molecule has 0 unspecified atom stereocenters. The highest BCUT2D eigenvalue weighted by molar-refractivity contribution is 6.00. The fourth-order valence-corrected chi connectivity index (χ4v) is 2.55. The van der Waals surface area contributed by atoms with E-state index in [4.69, 9.17) is 5.84 Å². The summed E-state index contributed by atoms with van der Waals surface area (Å²) in [6.45, 7) is 3.54. The van der Waals surface area contributed by atoms with Crippen molar-refractivity contribution in [3.05, 3.63) is 36.0 Å². The van der Waals surface area contributed by atoms with Gasteiger partial charge < -0.3 is 10.3 Å². The second kappa shape index (κ2) is 5.69. The summed E-state index contributed by atoms with van der Waals surface area (Å²) >= 11 is 0. The van der Waals surface area contributed by atoms with E-state index in [9.17, 15) is 4.79 Å². The van der Waals surface area contributed by atoms with Crippen LogP contribution < -0.4 is 11.3 Å². The van der Waals surface area contributed by atoms with Gasteiger partial charge in [-0.25, -0.2) is 10.8 Å². The molecule has 1 amide bonds. The molecule has 5 heteroatoms. The highest BCUT2D eigenvalue weighted by Crippen LogP contribution is 2.30. The van der Waals surface area contributed by atoms with Crippen LogP contribution in [-0.4, -0.2) is 28.9 Å². The lowest BCUT2D eigenvalue weighted by atomic mass is 10.1. The highest BCUT2D eigenvalue weighted by Gasteiger charge is 2.27. The largest absolute Gasteiger partial charge is 0.337 e. The van der Waals surface area contributed by atoms with E-state index in [1.807, 2.05) is 42.2 Å². The zero-order chi connectivity index (χ0) is 14.8. The maximum absolute atomic E-state index is 12.6. The first-order chi connectivity index (χ1) is 10.2. The van der Waals surface area contributed by atoms with E-state index in [0.29, 0.717) is 24.0 Å². The molecule has 0 bridgehead atoms. The number of nitrogen functional groups attached to an aromatic ring is 1. The van der Waals surface area contributed by atoms with Gasteiger partial charge in [0.2, 0.25) is 0 Å². The van der Waals surface area contributed by atoms with Gasteiger partial charge in [-0.2, -0.15) is 0 Å². The zero-order valence-corrected chi connectivity index (χ0v) is 12.2. The maximum Gasteiger partial charge on any atom is 0.272 e. The number of nitrogens with zero attached hydrogens (tertiary/aromatic N) is 2. The maximum atomic E-state index is 12.6. The summed E-state index contributed by atoms with van der Waals surface area (Å²) < 4.78 is 0. The van der Waals surface area contributed by atoms with E-state index in [-0.39, 0.29) is 5.91 Å². The molecular weight excluding hydrogens is 264 g/mol. The molecule has 110 valence electrons. The van der Waals surface area contributed by atoms with Crippen molar-refractivity contribution in [2.75, 3.05) is 18.5 Å². The molecule has 2 aromatic rings. The van der Waals surface area contributed by atoms with Crippen LogP contribution in [0.1, 0.15) is 30.3 Å². The summed E-state index contributed by atoms with van der Waals surface area (Å²) in [5.74, 6) is 6.73. The molecule has 1 aromatic heterocycles. The number of carbonyl (C=O) groups is 1. The van der Waals surface area contributed by atoms with Gasteiger partial charge in [0.1, 0.15) is 11.5 Å². The van der Waals surface area contributed by atoms with Crippen LogP contribution in [0.25, 0.3) is 10.8 Å². The third-order valence-corrected chi connectivity index (χ3v) is 3.94. The van der Waals surface area contributed by atoms with E-state index in [1.165, 1.54) is 12.8 Å². The van der Waals surface area contributed by atoms with Gasteiger partial charge in [-0.15, -0.1) is 0 Å². The van der Waals surface area contributed by atoms with E-state index >= 15 is 0 Å². The Bertz CT molecular complexity index is 666. The average molecular weight is 284 g/mol. The van der Waals surface area contributed by atoms with Crippen molar-refractivity contribution in [2.45, 2.75) is 19.8 Å². The van der Waals surface area contributed by atoms with Crippen LogP contribution in [0.4, 0.5) is 5.82 Å². The summed E-state index contributed by atoms with van der Waals surface area (Å²) in [7, 11) is 0. The van der Waals surface area contributed by atoms with E-state index in [2.05, 4.69) is 10.4 Å². The number of nitrogens with one attached hydrogen (secondary N) is 1. The number of rotatable bonds is 5. The lowest BCUT2D eigenvalue weighted by Crippen LogP contribution is -2.33. The molecule has 0 aliphatic heterocycles. The van der Waals surface area contributed by atoms with E-state index in [0.717, 1.165) is 17.3 Å². The Kier molecular flexibility index (Phi) is 3.75. The van der Waals surface area contributed by atoms with Gasteiger partial charge in [0, 0.05) is 18.5 Å². The molecule has 21 heavy (non-hydrogen) atoms. The summed E-state index contributed by atoms with van der Waals surface area (Å²) in [5.41, 5.74) is 3.04. The monoisotopic (exact) mass is 284 g/mol. The Labute approximate surface area is 124 Å². The lowest BCUT2D eigenvalue weighted by molar-refractivity contribution is 0.0751. The van der Waals surface area contributed by atoms with E-state index < -0.39 is 0 Å². The first-order valence-electron chi connectivity index (χ1n) is 7.38. The number of hydrogen-bond donors (Lipinski definition) is 2. The summed E-state index contributed by atoms with van der Waals surface area (Å²) in [4.78, 5) is 18.9. The molecule has 1 fully saturated rings. The van der Waals surface area contributed by atoms with Gasteiger partial charge in [0.25, 0.3) is 5.91 Å². The molecule has 3 rings (SSSR count). The van der Waals surface area contributed by atoms with Crippen LogP contribution in [0.3, 0.4) is 0 Å². The van der Waals surface area contributed by atoms with Crippen LogP contribution in [0.2, 0.25) is 0 Å². The van der Waals surface area contributed by atoms with Crippen molar-refractivity contribution >= 4 is 22.5 Å². The Hall–Kier alpha value is -2.14. The summed E-state index contributed by atoms with van der Waals surface area (Å²) in [5, 5.41) is 1.88. The zero-order valence-electron chi connectivity index (χ0n) is 12.2. The fraction of sp³-hybridized carbons (Fsp3) is 0.375. The number of nitrogens with two attached hydrogens (primary N) is 1. The van der Waals surface area contributed by atoms with Gasteiger partial charge in [-0.3, -0.25) is 4.79 Å². The summed E-state index contributed by atoms with van der Waals surface area (Å²) in [6.07, 6.45) is 2.45. The molecule has 5 nitrogen and oxygen atoms in total. The number of hydrazine groups is 1. The molecule has 0 saturated heterocycles. The molecule has 0 radical (unpaired) electrons. The first-order valence-corrected chi connectivity index (χ1v) is 7.38. The third-order valence-electron chi connectivity index (χ3n) is 3.94. The van der Waals surface area contributed by atoms with Crippen LogP contribution in [0.15, 0.2) is 30.3 Å². The van der Waals surface area contributed by atoms with Crippen LogP contribution in [0, 0.1) is 5.92 Å². The van der Waals surface area contributed by atoms with Crippen molar-refractivity contribution in [3.8, 4) is 0 Å². The number of amides is 1. The quantitative estimate of drug-likeness (QED) is 0.653. The van der Waals surface area contributed by atoms with Gasteiger partial charge in [-0.05, 0) is 37.1 Å². The van der Waals surface area contributed by atoms with Crippen molar-refractivity contribution in [1.29, 1.82) is 0 Å². The molecule has 1 aliphatic rings. The minimum atomic E-state index is -0.0216. The van der Waals surface area contributed by atoms with Crippen LogP contribution >= 0.6 is 0 Å². The molecule has 3 N–H and O–H groups in total. The highest BCUT2D eigenvalue weighted by atomic mass is 16.2. The predicted octanol–water partition coefficient (Wildman–Crippen LogP) is 2.39. The molecule has 1 saturated carbocycles. The van der Waals surface area contributed by atoms with Crippen molar-refractivity contribution in [1.82, 2.24) is 9.88 Å². The SMILES string of the molecule is CCN(CC1CC1)C(=O)c1cc2ccccc2c(NN)n1. The van der Waals surface area contributed by atoms with Crippen molar-refractivity contribution < 1.29 is 4.79 Å². The lowest BCUT2D eigenvalue weighted by Gasteiger charge is -2.20. The van der Waals surface area contributed by atoms with Crippen molar-refractivity contribution in [2.24, 2.45) is 11.8 Å². The third kappa shape index (κ3) is 2.83. The Balaban J connectivity index is 1.96. The molecule has 0 atom stereocenters. The second-order valence-corrected chi connectivity index (χ2v) is 5.51. The Morgan fingerprint density at radius 3 is 2.86 bits per heavy atom. The number of fused-ring (bicyclic) bond motifs is 1. The normalized spacial score (nSPS) is 14.2. The topological polar surface area (TPSA) is 71.2 Å². The van der Waals surface area contributed by atoms with E-state index in [1.54, 1.807) is 0 Å². The molecule has 1 aliphatic carbocycles. The predicted molar refractivity (Wildman–Crippen MR) is 83.9 cm³/mol. The molecule has 1 heterocycles. The number of benzene rings is 1. The smallest absolute Gasteiger partial charge is 0.272 e. The van der Waals surface area contributed by atoms with Gasteiger partial charge >= 0.3 is 0 Å².